The normalized spacial score (nSPS) is 24.3. The van der Waals surface area contributed by atoms with E-state index in [1.807, 2.05) is 6.92 Å². The summed E-state index contributed by atoms with van der Waals surface area (Å²) in [6, 6.07) is 3.82. The second-order valence-corrected chi connectivity index (χ2v) is 5.96. The van der Waals surface area contributed by atoms with Gasteiger partial charge in [0.05, 0.1) is 19.8 Å². The molecule has 6 heteroatoms. The van der Waals surface area contributed by atoms with Crippen molar-refractivity contribution in [1.29, 1.82) is 0 Å². The van der Waals surface area contributed by atoms with E-state index in [4.69, 9.17) is 13.9 Å². The third-order valence-electron chi connectivity index (χ3n) is 4.46. The summed E-state index contributed by atoms with van der Waals surface area (Å²) in [6.45, 7) is 7.39. The third-order valence-corrected chi connectivity index (χ3v) is 4.46. The number of nitrogens with one attached hydrogen (secondary N) is 1. The summed E-state index contributed by atoms with van der Waals surface area (Å²) in [5.74, 6) is 1.45. The molecule has 0 spiro atoms. The molecule has 2 aliphatic heterocycles. The fourth-order valence-corrected chi connectivity index (χ4v) is 3.20. The molecule has 2 fully saturated rings. The Kier molecular flexibility index (Phi) is 5.12. The summed E-state index contributed by atoms with van der Waals surface area (Å²) in [7, 11) is 0. The van der Waals surface area contributed by atoms with Gasteiger partial charge in [-0.15, -0.1) is 0 Å². The Labute approximate surface area is 130 Å². The lowest BCUT2D eigenvalue weighted by Gasteiger charge is -2.37. The molecule has 0 aliphatic carbocycles. The maximum absolute atomic E-state index is 12.2. The minimum Gasteiger partial charge on any atom is -0.456 e. The SMILES string of the molecule is Cc1ccc(C(=O)NCC(C2CCOC2)N2CCOCC2)o1. The molecular formula is C16H24N2O4. The van der Waals surface area contributed by atoms with Crippen LogP contribution < -0.4 is 5.32 Å². The molecule has 1 amide bonds. The first kappa shape index (κ1) is 15.5. The van der Waals surface area contributed by atoms with Crippen LogP contribution in [0.15, 0.2) is 16.5 Å². The summed E-state index contributed by atoms with van der Waals surface area (Å²) in [5.41, 5.74) is 0. The van der Waals surface area contributed by atoms with E-state index in [2.05, 4.69) is 10.2 Å². The predicted octanol–water partition coefficient (Wildman–Crippen LogP) is 1.06. The molecule has 0 saturated carbocycles. The van der Waals surface area contributed by atoms with E-state index in [1.165, 1.54) is 0 Å². The van der Waals surface area contributed by atoms with Crippen LogP contribution in [0, 0.1) is 12.8 Å². The number of amides is 1. The van der Waals surface area contributed by atoms with Crippen LogP contribution in [0.4, 0.5) is 0 Å². The van der Waals surface area contributed by atoms with Crippen molar-refractivity contribution in [3.05, 3.63) is 23.7 Å². The van der Waals surface area contributed by atoms with Crippen LogP contribution >= 0.6 is 0 Å². The first-order chi connectivity index (χ1) is 10.7. The molecule has 22 heavy (non-hydrogen) atoms. The standard InChI is InChI=1S/C16H24N2O4/c1-12-2-3-15(22-12)16(19)17-10-14(13-4-7-21-11-13)18-5-8-20-9-6-18/h2-3,13-14H,4-11H2,1H3,(H,17,19). The van der Waals surface area contributed by atoms with Crippen LogP contribution in [-0.2, 0) is 9.47 Å². The lowest BCUT2D eigenvalue weighted by Crippen LogP contribution is -2.52. The van der Waals surface area contributed by atoms with Crippen molar-refractivity contribution >= 4 is 5.91 Å². The zero-order valence-corrected chi connectivity index (χ0v) is 13.0. The summed E-state index contributed by atoms with van der Waals surface area (Å²) in [6.07, 6.45) is 1.05. The van der Waals surface area contributed by atoms with Gasteiger partial charge in [-0.05, 0) is 25.5 Å². The lowest BCUT2D eigenvalue weighted by molar-refractivity contribution is 0.00160. The number of rotatable bonds is 5. The van der Waals surface area contributed by atoms with Crippen LogP contribution in [0.2, 0.25) is 0 Å². The van der Waals surface area contributed by atoms with Gasteiger partial charge in [0.2, 0.25) is 0 Å². The molecule has 2 saturated heterocycles. The third kappa shape index (κ3) is 3.69. The van der Waals surface area contributed by atoms with E-state index in [0.29, 0.717) is 24.3 Å². The van der Waals surface area contributed by atoms with E-state index in [1.54, 1.807) is 12.1 Å². The first-order valence-corrected chi connectivity index (χ1v) is 7.98. The van der Waals surface area contributed by atoms with Gasteiger partial charge in [0, 0.05) is 38.2 Å². The van der Waals surface area contributed by atoms with Gasteiger partial charge in [0.15, 0.2) is 5.76 Å². The molecule has 122 valence electrons. The van der Waals surface area contributed by atoms with E-state index in [-0.39, 0.29) is 5.91 Å². The highest BCUT2D eigenvalue weighted by molar-refractivity contribution is 5.91. The molecular weight excluding hydrogens is 284 g/mol. The monoisotopic (exact) mass is 308 g/mol. The van der Waals surface area contributed by atoms with Gasteiger partial charge < -0.3 is 19.2 Å². The Bertz CT molecular complexity index is 490. The highest BCUT2D eigenvalue weighted by Crippen LogP contribution is 2.22. The Balaban J connectivity index is 1.60. The van der Waals surface area contributed by atoms with Crippen molar-refractivity contribution in [3.63, 3.8) is 0 Å². The largest absolute Gasteiger partial charge is 0.456 e. The number of morpholine rings is 1. The Morgan fingerprint density at radius 3 is 2.77 bits per heavy atom. The van der Waals surface area contributed by atoms with Gasteiger partial charge in [-0.3, -0.25) is 9.69 Å². The fourth-order valence-electron chi connectivity index (χ4n) is 3.20. The fraction of sp³-hybridized carbons (Fsp3) is 0.688. The smallest absolute Gasteiger partial charge is 0.287 e. The number of hydrogen-bond acceptors (Lipinski definition) is 5. The topological polar surface area (TPSA) is 63.9 Å². The zero-order valence-electron chi connectivity index (χ0n) is 13.0. The quantitative estimate of drug-likeness (QED) is 0.881. The number of hydrogen-bond donors (Lipinski definition) is 1. The van der Waals surface area contributed by atoms with Crippen LogP contribution in [-0.4, -0.2) is 62.9 Å². The molecule has 1 aromatic rings. The van der Waals surface area contributed by atoms with Crippen LogP contribution in [0.3, 0.4) is 0 Å². The first-order valence-electron chi connectivity index (χ1n) is 7.98. The molecule has 6 nitrogen and oxygen atoms in total. The number of carbonyl (C=O) groups excluding carboxylic acids is 1. The Morgan fingerprint density at radius 1 is 1.32 bits per heavy atom. The molecule has 2 aliphatic rings. The van der Waals surface area contributed by atoms with Gasteiger partial charge in [-0.2, -0.15) is 0 Å². The maximum atomic E-state index is 12.2. The van der Waals surface area contributed by atoms with E-state index < -0.39 is 0 Å². The lowest BCUT2D eigenvalue weighted by atomic mass is 9.97. The minimum absolute atomic E-state index is 0.148. The Hall–Kier alpha value is -1.37. The van der Waals surface area contributed by atoms with E-state index >= 15 is 0 Å². The number of nitrogens with zero attached hydrogens (tertiary/aromatic N) is 1. The summed E-state index contributed by atoms with van der Waals surface area (Å²) < 4.78 is 16.3. The number of carbonyl (C=O) groups is 1. The van der Waals surface area contributed by atoms with Crippen LogP contribution in [0.5, 0.6) is 0 Å². The number of furan rings is 1. The van der Waals surface area contributed by atoms with E-state index in [9.17, 15) is 4.79 Å². The average molecular weight is 308 g/mol. The summed E-state index contributed by atoms with van der Waals surface area (Å²) in [5, 5.41) is 3.02. The molecule has 2 unspecified atom stereocenters. The van der Waals surface area contributed by atoms with E-state index in [0.717, 1.165) is 51.7 Å². The second-order valence-electron chi connectivity index (χ2n) is 5.96. The van der Waals surface area contributed by atoms with Crippen molar-refractivity contribution in [1.82, 2.24) is 10.2 Å². The van der Waals surface area contributed by atoms with Crippen LogP contribution in [0.1, 0.15) is 22.7 Å². The minimum atomic E-state index is -0.148. The Morgan fingerprint density at radius 2 is 2.14 bits per heavy atom. The van der Waals surface area contributed by atoms with Crippen molar-refractivity contribution in [2.45, 2.75) is 19.4 Å². The van der Waals surface area contributed by atoms with Crippen molar-refractivity contribution in [2.24, 2.45) is 5.92 Å². The van der Waals surface area contributed by atoms with Gasteiger partial charge in [0.1, 0.15) is 5.76 Å². The number of ether oxygens (including phenoxy) is 2. The summed E-state index contributed by atoms with van der Waals surface area (Å²) in [4.78, 5) is 14.6. The average Bonchev–Trinajstić information content (AvgIpc) is 3.20. The number of aryl methyl sites for hydroxylation is 1. The zero-order chi connectivity index (χ0) is 15.4. The maximum Gasteiger partial charge on any atom is 0.287 e. The highest BCUT2D eigenvalue weighted by Gasteiger charge is 2.31. The van der Waals surface area contributed by atoms with Gasteiger partial charge in [-0.25, -0.2) is 0 Å². The highest BCUT2D eigenvalue weighted by atomic mass is 16.5. The van der Waals surface area contributed by atoms with Gasteiger partial charge >= 0.3 is 0 Å². The molecule has 1 N–H and O–H groups in total. The molecule has 0 bridgehead atoms. The van der Waals surface area contributed by atoms with Gasteiger partial charge in [-0.1, -0.05) is 0 Å². The van der Waals surface area contributed by atoms with Crippen molar-refractivity contribution in [3.8, 4) is 0 Å². The van der Waals surface area contributed by atoms with Gasteiger partial charge in [0.25, 0.3) is 5.91 Å². The van der Waals surface area contributed by atoms with Crippen molar-refractivity contribution < 1.29 is 18.7 Å². The molecule has 0 aromatic carbocycles. The second kappa shape index (κ2) is 7.26. The molecule has 2 atom stereocenters. The van der Waals surface area contributed by atoms with Crippen molar-refractivity contribution in [2.75, 3.05) is 46.1 Å². The molecule has 3 heterocycles. The molecule has 3 rings (SSSR count). The molecule has 1 aromatic heterocycles. The van der Waals surface area contributed by atoms with Crippen LogP contribution in [0.25, 0.3) is 0 Å². The molecule has 0 radical (unpaired) electrons. The predicted molar refractivity (Wildman–Crippen MR) is 80.9 cm³/mol. The summed E-state index contributed by atoms with van der Waals surface area (Å²) >= 11 is 0.